The highest BCUT2D eigenvalue weighted by Gasteiger charge is 2.06. The molecule has 3 rings (SSSR count). The number of nitrogens with zero attached hydrogens (tertiary/aromatic N) is 1. The third-order valence-electron chi connectivity index (χ3n) is 3.45. The van der Waals surface area contributed by atoms with Crippen molar-refractivity contribution in [3.05, 3.63) is 77.8 Å². The molecule has 6 heteroatoms. The van der Waals surface area contributed by atoms with Gasteiger partial charge in [-0.05, 0) is 54.6 Å². The van der Waals surface area contributed by atoms with Crippen LogP contribution in [0.4, 0.5) is 4.39 Å². The van der Waals surface area contributed by atoms with Crippen molar-refractivity contribution in [2.24, 2.45) is 5.10 Å². The first kappa shape index (κ1) is 16.4. The first-order valence-electron chi connectivity index (χ1n) is 7.49. The lowest BCUT2D eigenvalue weighted by atomic mass is 10.2. The van der Waals surface area contributed by atoms with E-state index >= 15 is 0 Å². The Labute approximate surface area is 143 Å². The van der Waals surface area contributed by atoms with Crippen LogP contribution in [0, 0.1) is 5.82 Å². The SMILES string of the molecule is COc1cccc(C(=O)N/N=C\c2ccc(-c3ccc(F)cc3)o2)c1. The molecule has 0 fully saturated rings. The normalized spacial score (nSPS) is 10.8. The molecular weight excluding hydrogens is 323 g/mol. The Morgan fingerprint density at radius 2 is 1.96 bits per heavy atom. The molecule has 0 saturated carbocycles. The molecule has 0 aliphatic heterocycles. The number of halogens is 1. The van der Waals surface area contributed by atoms with Crippen molar-refractivity contribution in [1.82, 2.24) is 5.43 Å². The van der Waals surface area contributed by atoms with Crippen molar-refractivity contribution in [3.8, 4) is 17.1 Å². The number of hydrazone groups is 1. The summed E-state index contributed by atoms with van der Waals surface area (Å²) in [7, 11) is 1.53. The van der Waals surface area contributed by atoms with Crippen molar-refractivity contribution >= 4 is 12.1 Å². The van der Waals surface area contributed by atoms with Crippen LogP contribution in [0.5, 0.6) is 5.75 Å². The molecule has 1 aromatic heterocycles. The molecule has 1 amide bonds. The van der Waals surface area contributed by atoms with Crippen LogP contribution < -0.4 is 10.2 Å². The van der Waals surface area contributed by atoms with E-state index in [-0.39, 0.29) is 11.7 Å². The molecule has 25 heavy (non-hydrogen) atoms. The van der Waals surface area contributed by atoms with Crippen molar-refractivity contribution in [3.63, 3.8) is 0 Å². The fourth-order valence-corrected chi connectivity index (χ4v) is 2.17. The van der Waals surface area contributed by atoms with E-state index in [1.165, 1.54) is 25.5 Å². The van der Waals surface area contributed by atoms with E-state index in [2.05, 4.69) is 10.5 Å². The number of carbonyl (C=O) groups is 1. The van der Waals surface area contributed by atoms with Crippen LogP contribution >= 0.6 is 0 Å². The number of carbonyl (C=O) groups excluding carboxylic acids is 1. The molecule has 0 unspecified atom stereocenters. The van der Waals surface area contributed by atoms with Gasteiger partial charge in [-0.25, -0.2) is 9.82 Å². The molecule has 0 bridgehead atoms. The second-order valence-electron chi connectivity index (χ2n) is 5.14. The first-order chi connectivity index (χ1) is 12.2. The molecule has 2 aromatic carbocycles. The van der Waals surface area contributed by atoms with Gasteiger partial charge in [-0.1, -0.05) is 6.07 Å². The maximum absolute atomic E-state index is 12.9. The number of methoxy groups -OCH3 is 1. The lowest BCUT2D eigenvalue weighted by Crippen LogP contribution is -2.17. The molecule has 0 aliphatic carbocycles. The van der Waals surface area contributed by atoms with Crippen LogP contribution in [-0.2, 0) is 0 Å². The highest BCUT2D eigenvalue weighted by Crippen LogP contribution is 2.21. The molecule has 5 nitrogen and oxygen atoms in total. The van der Waals surface area contributed by atoms with E-state index < -0.39 is 0 Å². The lowest BCUT2D eigenvalue weighted by Gasteiger charge is -2.02. The van der Waals surface area contributed by atoms with Gasteiger partial charge in [0.15, 0.2) is 0 Å². The topological polar surface area (TPSA) is 63.8 Å². The van der Waals surface area contributed by atoms with Crippen molar-refractivity contribution in [2.45, 2.75) is 0 Å². The largest absolute Gasteiger partial charge is 0.497 e. The summed E-state index contributed by atoms with van der Waals surface area (Å²) in [6.07, 6.45) is 1.39. The van der Waals surface area contributed by atoms with E-state index in [1.54, 1.807) is 48.5 Å². The predicted octanol–water partition coefficient (Wildman–Crippen LogP) is 3.86. The Kier molecular flexibility index (Phi) is 4.89. The number of furan rings is 1. The second kappa shape index (κ2) is 7.44. The van der Waals surface area contributed by atoms with E-state index in [9.17, 15) is 9.18 Å². The maximum atomic E-state index is 12.9. The van der Waals surface area contributed by atoms with Gasteiger partial charge in [-0.2, -0.15) is 5.10 Å². The highest BCUT2D eigenvalue weighted by atomic mass is 19.1. The minimum absolute atomic E-state index is 0.308. The molecule has 0 spiro atoms. The average molecular weight is 338 g/mol. The second-order valence-corrected chi connectivity index (χ2v) is 5.14. The number of hydrogen-bond acceptors (Lipinski definition) is 4. The molecule has 1 N–H and O–H groups in total. The number of nitrogens with one attached hydrogen (secondary N) is 1. The molecular formula is C19H15FN2O3. The summed E-state index contributed by atoms with van der Waals surface area (Å²) >= 11 is 0. The standard InChI is InChI=1S/C19H15FN2O3/c1-24-16-4-2-3-14(11-16)19(23)22-21-12-17-9-10-18(25-17)13-5-7-15(20)8-6-13/h2-12H,1H3,(H,22,23)/b21-12-. The number of hydrogen-bond donors (Lipinski definition) is 1. The molecule has 0 aliphatic rings. The third kappa shape index (κ3) is 4.11. The van der Waals surface area contributed by atoms with Crippen molar-refractivity contribution in [2.75, 3.05) is 7.11 Å². The minimum Gasteiger partial charge on any atom is -0.497 e. The van der Waals surface area contributed by atoms with Crippen molar-refractivity contribution < 1.29 is 18.3 Å². The summed E-state index contributed by atoms with van der Waals surface area (Å²) in [6, 6.07) is 16.2. The van der Waals surface area contributed by atoms with E-state index in [4.69, 9.17) is 9.15 Å². The Morgan fingerprint density at radius 3 is 2.72 bits per heavy atom. The van der Waals surface area contributed by atoms with E-state index in [0.29, 0.717) is 22.8 Å². The zero-order chi connectivity index (χ0) is 17.6. The van der Waals surface area contributed by atoms with Gasteiger partial charge < -0.3 is 9.15 Å². The third-order valence-corrected chi connectivity index (χ3v) is 3.45. The molecule has 0 saturated heterocycles. The summed E-state index contributed by atoms with van der Waals surface area (Å²) < 4.78 is 23.6. The van der Waals surface area contributed by atoms with E-state index in [1.807, 2.05) is 0 Å². The Balaban J connectivity index is 1.64. The monoisotopic (exact) mass is 338 g/mol. The predicted molar refractivity (Wildman–Crippen MR) is 92.2 cm³/mol. The molecule has 0 radical (unpaired) electrons. The number of benzene rings is 2. The maximum Gasteiger partial charge on any atom is 0.271 e. The summed E-state index contributed by atoms with van der Waals surface area (Å²) in [5, 5.41) is 3.88. The zero-order valence-corrected chi connectivity index (χ0v) is 13.4. The average Bonchev–Trinajstić information content (AvgIpc) is 3.11. The quantitative estimate of drug-likeness (QED) is 0.567. The minimum atomic E-state index is -0.361. The summed E-state index contributed by atoms with van der Waals surface area (Å²) in [5.74, 6) is 0.968. The van der Waals surface area contributed by atoms with Crippen LogP contribution in [0.25, 0.3) is 11.3 Å². The Bertz CT molecular complexity index is 901. The highest BCUT2D eigenvalue weighted by molar-refractivity contribution is 5.95. The van der Waals surface area contributed by atoms with Gasteiger partial charge in [0, 0.05) is 11.1 Å². The lowest BCUT2D eigenvalue weighted by molar-refractivity contribution is 0.0955. The van der Waals surface area contributed by atoms with Crippen molar-refractivity contribution in [1.29, 1.82) is 0 Å². The zero-order valence-electron chi connectivity index (χ0n) is 13.4. The Morgan fingerprint density at radius 1 is 1.16 bits per heavy atom. The van der Waals surface area contributed by atoms with Gasteiger partial charge in [-0.3, -0.25) is 4.79 Å². The summed E-state index contributed by atoms with van der Waals surface area (Å²) in [6.45, 7) is 0. The van der Waals surface area contributed by atoms with Crippen LogP contribution in [0.1, 0.15) is 16.1 Å². The van der Waals surface area contributed by atoms with Crippen LogP contribution in [-0.4, -0.2) is 19.2 Å². The number of ether oxygens (including phenoxy) is 1. The van der Waals surface area contributed by atoms with Gasteiger partial charge in [0.2, 0.25) is 0 Å². The van der Waals surface area contributed by atoms with Crippen LogP contribution in [0.3, 0.4) is 0 Å². The molecule has 126 valence electrons. The molecule has 1 heterocycles. The smallest absolute Gasteiger partial charge is 0.271 e. The summed E-state index contributed by atoms with van der Waals surface area (Å²) in [5.41, 5.74) is 3.61. The van der Waals surface area contributed by atoms with Crippen LogP contribution in [0.15, 0.2) is 70.2 Å². The first-order valence-corrected chi connectivity index (χ1v) is 7.49. The number of rotatable bonds is 5. The van der Waals surface area contributed by atoms with Gasteiger partial charge in [0.05, 0.1) is 13.3 Å². The van der Waals surface area contributed by atoms with Gasteiger partial charge in [-0.15, -0.1) is 0 Å². The molecule has 3 aromatic rings. The number of amides is 1. The summed E-state index contributed by atoms with van der Waals surface area (Å²) in [4.78, 5) is 12.0. The van der Waals surface area contributed by atoms with Crippen LogP contribution in [0.2, 0.25) is 0 Å². The Hall–Kier alpha value is -3.41. The molecule has 0 atom stereocenters. The van der Waals surface area contributed by atoms with E-state index in [0.717, 1.165) is 5.56 Å². The van der Waals surface area contributed by atoms with Gasteiger partial charge in [0.1, 0.15) is 23.1 Å². The fourth-order valence-electron chi connectivity index (χ4n) is 2.17. The fraction of sp³-hybridized carbons (Fsp3) is 0.0526. The van der Waals surface area contributed by atoms with Gasteiger partial charge in [0.25, 0.3) is 5.91 Å². The van der Waals surface area contributed by atoms with Gasteiger partial charge >= 0.3 is 0 Å².